The molecule has 2 amide bonds. The summed E-state index contributed by atoms with van der Waals surface area (Å²) in [4.78, 5) is 45.9. The topological polar surface area (TPSA) is 110 Å². The molecule has 0 aliphatic carbocycles. The third-order valence-corrected chi connectivity index (χ3v) is 4.82. The minimum atomic E-state index is -0.924. The number of nitrogens with zero attached hydrogens (tertiary/aromatic N) is 3. The van der Waals surface area contributed by atoms with Gasteiger partial charge in [0, 0.05) is 24.4 Å². The summed E-state index contributed by atoms with van der Waals surface area (Å²) in [5.41, 5.74) is 1.07. The van der Waals surface area contributed by atoms with Gasteiger partial charge < -0.3 is 9.84 Å². The summed E-state index contributed by atoms with van der Waals surface area (Å²) in [6, 6.07) is 7.57. The predicted octanol–water partition coefficient (Wildman–Crippen LogP) is 2.51. The highest BCUT2D eigenvalue weighted by molar-refractivity contribution is 6.22. The van der Waals surface area contributed by atoms with Crippen molar-refractivity contribution >= 4 is 34.5 Å². The number of carbonyl (C=O) groups excluding carboxylic acids is 3. The molecule has 0 saturated carbocycles. The number of benzene rings is 1. The van der Waals surface area contributed by atoms with Crippen molar-refractivity contribution in [2.24, 2.45) is 0 Å². The standard InChI is InChI=1S/C21H16FN3O5/c1-30-21(29)18-19(28)17-14(20(24-18)25-15(26)6-7-16(25)27)9-12(10-23-17)8-11-2-4-13(22)5-3-11/h2-5,9-10,28H,6-8H2,1H3. The summed E-state index contributed by atoms with van der Waals surface area (Å²) >= 11 is 0. The minimum absolute atomic E-state index is 0.00996. The van der Waals surface area contributed by atoms with Crippen LogP contribution in [-0.2, 0) is 20.7 Å². The van der Waals surface area contributed by atoms with Crippen molar-refractivity contribution in [3.05, 3.63) is 59.2 Å². The third kappa shape index (κ3) is 3.34. The molecule has 4 rings (SSSR count). The summed E-state index contributed by atoms with van der Waals surface area (Å²) in [5.74, 6) is -2.78. The van der Waals surface area contributed by atoms with Gasteiger partial charge in [0.1, 0.15) is 11.3 Å². The second kappa shape index (κ2) is 7.51. The van der Waals surface area contributed by atoms with E-state index in [0.29, 0.717) is 12.0 Å². The number of hydrogen-bond donors (Lipinski definition) is 1. The van der Waals surface area contributed by atoms with Crippen LogP contribution in [0.2, 0.25) is 0 Å². The molecule has 1 aromatic carbocycles. The number of hydrogen-bond acceptors (Lipinski definition) is 7. The molecular formula is C21H16FN3O5. The maximum Gasteiger partial charge on any atom is 0.360 e. The zero-order valence-corrected chi connectivity index (χ0v) is 15.9. The molecule has 3 heterocycles. The number of anilines is 1. The molecule has 0 bridgehead atoms. The maximum atomic E-state index is 13.2. The van der Waals surface area contributed by atoms with E-state index in [1.807, 2.05) is 0 Å². The molecular weight excluding hydrogens is 393 g/mol. The van der Waals surface area contributed by atoms with Crippen molar-refractivity contribution < 1.29 is 28.6 Å². The summed E-state index contributed by atoms with van der Waals surface area (Å²) in [5, 5.41) is 10.7. The first-order chi connectivity index (χ1) is 14.4. The Morgan fingerprint density at radius 3 is 2.47 bits per heavy atom. The van der Waals surface area contributed by atoms with E-state index in [1.165, 1.54) is 18.3 Å². The van der Waals surface area contributed by atoms with Crippen LogP contribution in [0.15, 0.2) is 36.5 Å². The molecule has 3 aromatic rings. The highest BCUT2D eigenvalue weighted by Gasteiger charge is 2.34. The van der Waals surface area contributed by atoms with Crippen molar-refractivity contribution in [2.45, 2.75) is 19.3 Å². The first-order valence-corrected chi connectivity index (χ1v) is 9.09. The zero-order valence-electron chi connectivity index (χ0n) is 15.9. The second-order valence-electron chi connectivity index (χ2n) is 6.79. The fraction of sp³-hybridized carbons (Fsp3) is 0.190. The number of carbonyl (C=O) groups is 3. The number of methoxy groups -OCH3 is 1. The summed E-state index contributed by atoms with van der Waals surface area (Å²) in [6.07, 6.45) is 1.94. The van der Waals surface area contributed by atoms with Crippen LogP contribution in [-0.4, -0.2) is 40.0 Å². The van der Waals surface area contributed by atoms with Crippen molar-refractivity contribution in [1.29, 1.82) is 0 Å². The number of amides is 2. The monoisotopic (exact) mass is 409 g/mol. The Hall–Kier alpha value is -3.88. The molecule has 0 atom stereocenters. The molecule has 0 unspecified atom stereocenters. The van der Waals surface area contributed by atoms with Crippen LogP contribution >= 0.6 is 0 Å². The molecule has 1 aliphatic heterocycles. The highest BCUT2D eigenvalue weighted by Crippen LogP contribution is 2.35. The number of rotatable bonds is 4. The molecule has 30 heavy (non-hydrogen) atoms. The van der Waals surface area contributed by atoms with Gasteiger partial charge in [0.15, 0.2) is 17.3 Å². The fourth-order valence-corrected chi connectivity index (χ4v) is 3.36. The molecule has 8 nitrogen and oxygen atoms in total. The van der Waals surface area contributed by atoms with Gasteiger partial charge in [0.2, 0.25) is 11.8 Å². The molecule has 1 saturated heterocycles. The van der Waals surface area contributed by atoms with Crippen LogP contribution in [0.4, 0.5) is 10.2 Å². The molecule has 1 aliphatic rings. The van der Waals surface area contributed by atoms with Crippen molar-refractivity contribution in [3.8, 4) is 5.75 Å². The molecule has 2 aromatic heterocycles. The van der Waals surface area contributed by atoms with Gasteiger partial charge in [0.05, 0.1) is 7.11 Å². The number of imide groups is 1. The highest BCUT2D eigenvalue weighted by atomic mass is 19.1. The Labute approximate surface area is 169 Å². The lowest BCUT2D eigenvalue weighted by Gasteiger charge is -2.17. The van der Waals surface area contributed by atoms with Crippen LogP contribution in [0.5, 0.6) is 5.75 Å². The minimum Gasteiger partial charge on any atom is -0.504 e. The van der Waals surface area contributed by atoms with Gasteiger partial charge in [-0.25, -0.2) is 19.1 Å². The SMILES string of the molecule is COC(=O)c1nc(N2C(=O)CCC2=O)c2cc(Cc3ccc(F)cc3)cnc2c1O. The second-order valence-corrected chi connectivity index (χ2v) is 6.79. The van der Waals surface area contributed by atoms with Gasteiger partial charge in [-0.3, -0.25) is 14.6 Å². The first kappa shape index (κ1) is 19.4. The lowest BCUT2D eigenvalue weighted by molar-refractivity contribution is -0.121. The molecule has 152 valence electrons. The maximum absolute atomic E-state index is 13.2. The van der Waals surface area contributed by atoms with E-state index in [4.69, 9.17) is 0 Å². The van der Waals surface area contributed by atoms with Crippen molar-refractivity contribution in [1.82, 2.24) is 9.97 Å². The van der Waals surface area contributed by atoms with Gasteiger partial charge in [-0.2, -0.15) is 0 Å². The summed E-state index contributed by atoms with van der Waals surface area (Å²) in [6.45, 7) is 0. The number of fused-ring (bicyclic) bond motifs is 1. The number of ether oxygens (including phenoxy) is 1. The molecule has 1 fully saturated rings. The average Bonchev–Trinajstić information content (AvgIpc) is 3.07. The number of aromatic nitrogens is 2. The van der Waals surface area contributed by atoms with Crippen LogP contribution in [0.25, 0.3) is 10.9 Å². The number of aromatic hydroxyl groups is 1. The predicted molar refractivity (Wildman–Crippen MR) is 103 cm³/mol. The first-order valence-electron chi connectivity index (χ1n) is 9.09. The van der Waals surface area contributed by atoms with E-state index in [1.54, 1.807) is 18.2 Å². The van der Waals surface area contributed by atoms with Crippen LogP contribution in [0.1, 0.15) is 34.5 Å². The van der Waals surface area contributed by atoms with E-state index in [0.717, 1.165) is 17.6 Å². The van der Waals surface area contributed by atoms with Crippen LogP contribution in [0.3, 0.4) is 0 Å². The zero-order chi connectivity index (χ0) is 21.4. The van der Waals surface area contributed by atoms with E-state index < -0.39 is 29.2 Å². The Morgan fingerprint density at radius 1 is 1.17 bits per heavy atom. The number of pyridine rings is 2. The largest absolute Gasteiger partial charge is 0.504 e. The Balaban J connectivity index is 1.89. The van der Waals surface area contributed by atoms with Crippen molar-refractivity contribution in [2.75, 3.05) is 12.0 Å². The lowest BCUT2D eigenvalue weighted by Crippen LogP contribution is -2.30. The normalized spacial score (nSPS) is 13.9. The Bertz CT molecular complexity index is 1180. The molecule has 0 radical (unpaired) electrons. The van der Waals surface area contributed by atoms with E-state index >= 15 is 0 Å². The summed E-state index contributed by atoms with van der Waals surface area (Å²) < 4.78 is 17.8. The quantitative estimate of drug-likeness (QED) is 0.521. The van der Waals surface area contributed by atoms with Gasteiger partial charge in [-0.1, -0.05) is 12.1 Å². The summed E-state index contributed by atoms with van der Waals surface area (Å²) in [7, 11) is 1.12. The smallest absolute Gasteiger partial charge is 0.360 e. The lowest BCUT2D eigenvalue weighted by atomic mass is 10.0. The number of halogens is 1. The molecule has 0 spiro atoms. The Kier molecular flexibility index (Phi) is 4.86. The van der Waals surface area contributed by atoms with Crippen LogP contribution < -0.4 is 4.90 Å². The fourth-order valence-electron chi connectivity index (χ4n) is 3.36. The molecule has 9 heteroatoms. The Morgan fingerprint density at radius 2 is 1.83 bits per heavy atom. The number of esters is 1. The van der Waals surface area contributed by atoms with Gasteiger partial charge in [-0.05, 0) is 35.7 Å². The molecule has 1 N–H and O–H groups in total. The van der Waals surface area contributed by atoms with E-state index in [2.05, 4.69) is 14.7 Å². The van der Waals surface area contributed by atoms with E-state index in [9.17, 15) is 23.9 Å². The van der Waals surface area contributed by atoms with Crippen molar-refractivity contribution in [3.63, 3.8) is 0 Å². The van der Waals surface area contributed by atoms with Gasteiger partial charge in [-0.15, -0.1) is 0 Å². The third-order valence-electron chi connectivity index (χ3n) is 4.82. The van der Waals surface area contributed by atoms with Gasteiger partial charge >= 0.3 is 5.97 Å². The average molecular weight is 409 g/mol. The van der Waals surface area contributed by atoms with Crippen LogP contribution in [0, 0.1) is 5.82 Å². The van der Waals surface area contributed by atoms with Gasteiger partial charge in [0.25, 0.3) is 0 Å². The van der Waals surface area contributed by atoms with E-state index in [-0.39, 0.29) is 35.4 Å².